The molecule has 1 saturated heterocycles. The van der Waals surface area contributed by atoms with Gasteiger partial charge < -0.3 is 14.7 Å². The van der Waals surface area contributed by atoms with Crippen LogP contribution in [0.3, 0.4) is 0 Å². The van der Waals surface area contributed by atoms with Crippen LogP contribution in [0.4, 0.5) is 13.2 Å². The zero-order valence-electron chi connectivity index (χ0n) is 21.3. The van der Waals surface area contributed by atoms with Crippen LogP contribution in [-0.4, -0.2) is 77.1 Å². The molecule has 1 N–H and O–H groups in total. The first kappa shape index (κ1) is 26.9. The number of β-amino-alcohol motifs (C(OH)–C–C–N with tert-alkyl or cyclic N) is 1. The SMILES string of the molecule is Cc1nc2cc(OCC(O)CN3CCN(CC4=NOC(c5ccccc5C(F)(F)F)C4)C[C@@H]3C)ccc2s1. The quantitative estimate of drug-likeness (QED) is 0.433. The number of aliphatic hydroxyl groups is 1. The minimum Gasteiger partial charge on any atom is -0.491 e. The average Bonchev–Trinajstić information content (AvgIpc) is 3.49. The average molecular weight is 549 g/mol. The number of nitrogens with zero attached hydrogens (tertiary/aromatic N) is 4. The summed E-state index contributed by atoms with van der Waals surface area (Å²) in [5.41, 5.74) is 1.09. The van der Waals surface area contributed by atoms with Crippen LogP contribution in [-0.2, 0) is 11.0 Å². The molecule has 5 rings (SSSR count). The van der Waals surface area contributed by atoms with Crippen molar-refractivity contribution in [2.24, 2.45) is 5.16 Å². The fraction of sp³-hybridized carbons (Fsp3) is 0.481. The van der Waals surface area contributed by atoms with Crippen molar-refractivity contribution >= 4 is 27.3 Å². The Morgan fingerprint density at radius 1 is 1.21 bits per heavy atom. The minimum absolute atomic E-state index is 0.120. The molecule has 1 fully saturated rings. The first-order valence-electron chi connectivity index (χ1n) is 12.7. The zero-order valence-corrected chi connectivity index (χ0v) is 22.1. The normalized spacial score (nSPS) is 21.9. The van der Waals surface area contributed by atoms with E-state index in [2.05, 4.69) is 26.9 Å². The summed E-state index contributed by atoms with van der Waals surface area (Å²) in [6.45, 7) is 7.59. The second-order valence-electron chi connectivity index (χ2n) is 9.95. The standard InChI is InChI=1S/C27H31F3N4O3S/c1-17-13-33(14-19-11-25(37-32-19)22-5-3-4-6-23(22)27(28,29)30)9-10-34(17)15-20(35)16-36-21-7-8-26-24(12-21)31-18(2)38-26/h3-8,12,17,20,25,35H,9-11,13-16H2,1-2H3/t17-,20?,25?/m0/s1. The Hall–Kier alpha value is -2.73. The maximum Gasteiger partial charge on any atom is 0.416 e. The summed E-state index contributed by atoms with van der Waals surface area (Å²) in [7, 11) is 0. The number of alkyl halides is 3. The topological polar surface area (TPSA) is 70.4 Å². The summed E-state index contributed by atoms with van der Waals surface area (Å²) in [6, 6.07) is 11.5. The number of aliphatic hydroxyl groups excluding tert-OH is 1. The van der Waals surface area contributed by atoms with Crippen LogP contribution in [0.15, 0.2) is 47.6 Å². The fourth-order valence-electron chi connectivity index (χ4n) is 5.09. The maximum atomic E-state index is 13.4. The first-order valence-corrected chi connectivity index (χ1v) is 13.5. The van der Waals surface area contributed by atoms with Crippen molar-refractivity contribution in [2.75, 3.05) is 39.3 Å². The van der Waals surface area contributed by atoms with Crippen LogP contribution in [0, 0.1) is 6.92 Å². The van der Waals surface area contributed by atoms with E-state index in [0.717, 1.165) is 46.6 Å². The molecule has 2 unspecified atom stereocenters. The second-order valence-corrected chi connectivity index (χ2v) is 11.2. The largest absolute Gasteiger partial charge is 0.491 e. The number of rotatable bonds is 8. The Morgan fingerprint density at radius 3 is 2.82 bits per heavy atom. The highest BCUT2D eigenvalue weighted by atomic mass is 32.1. The van der Waals surface area contributed by atoms with Gasteiger partial charge in [0.1, 0.15) is 18.5 Å². The predicted molar refractivity (Wildman–Crippen MR) is 141 cm³/mol. The van der Waals surface area contributed by atoms with Gasteiger partial charge in [0, 0.05) is 56.8 Å². The molecule has 3 atom stereocenters. The van der Waals surface area contributed by atoms with Crippen molar-refractivity contribution in [1.29, 1.82) is 0 Å². The lowest BCUT2D eigenvalue weighted by Gasteiger charge is -2.40. The third-order valence-electron chi connectivity index (χ3n) is 6.95. The van der Waals surface area contributed by atoms with Crippen LogP contribution in [0.25, 0.3) is 10.2 Å². The number of fused-ring (bicyclic) bond motifs is 1. The Balaban J connectivity index is 1.08. The van der Waals surface area contributed by atoms with E-state index < -0.39 is 23.9 Å². The van der Waals surface area contributed by atoms with Gasteiger partial charge in [-0.3, -0.25) is 9.80 Å². The number of benzene rings is 2. The molecule has 0 bridgehead atoms. The van der Waals surface area contributed by atoms with Gasteiger partial charge in [-0.25, -0.2) is 4.98 Å². The smallest absolute Gasteiger partial charge is 0.416 e. The van der Waals surface area contributed by atoms with E-state index in [4.69, 9.17) is 9.57 Å². The van der Waals surface area contributed by atoms with Gasteiger partial charge >= 0.3 is 6.18 Å². The van der Waals surface area contributed by atoms with Crippen LogP contribution in [0.1, 0.15) is 35.6 Å². The lowest BCUT2D eigenvalue weighted by atomic mass is 9.98. The van der Waals surface area contributed by atoms with Gasteiger partial charge in [0.2, 0.25) is 0 Å². The molecule has 2 aliphatic heterocycles. The summed E-state index contributed by atoms with van der Waals surface area (Å²) >= 11 is 1.64. The van der Waals surface area contributed by atoms with E-state index in [1.165, 1.54) is 12.1 Å². The van der Waals surface area contributed by atoms with Gasteiger partial charge in [-0.2, -0.15) is 13.2 Å². The highest BCUT2D eigenvalue weighted by molar-refractivity contribution is 7.18. The van der Waals surface area contributed by atoms with Crippen LogP contribution in [0.5, 0.6) is 5.75 Å². The number of aromatic nitrogens is 1. The number of piperazine rings is 1. The molecule has 2 aliphatic rings. The van der Waals surface area contributed by atoms with E-state index in [0.29, 0.717) is 25.3 Å². The van der Waals surface area contributed by atoms with Gasteiger partial charge in [0.25, 0.3) is 0 Å². The summed E-state index contributed by atoms with van der Waals surface area (Å²) in [4.78, 5) is 14.4. The number of halogens is 3. The Kier molecular flexibility index (Phi) is 7.90. The first-order chi connectivity index (χ1) is 18.2. The molecule has 3 aromatic rings. The molecule has 204 valence electrons. The molecule has 11 heteroatoms. The maximum absolute atomic E-state index is 13.4. The van der Waals surface area contributed by atoms with E-state index in [1.54, 1.807) is 17.4 Å². The number of thiazole rings is 1. The molecule has 0 saturated carbocycles. The van der Waals surface area contributed by atoms with Crippen molar-refractivity contribution in [3.8, 4) is 5.75 Å². The van der Waals surface area contributed by atoms with Crippen molar-refractivity contribution in [2.45, 2.75) is 44.7 Å². The number of hydrogen-bond acceptors (Lipinski definition) is 8. The lowest BCUT2D eigenvalue weighted by Crippen LogP contribution is -2.54. The zero-order chi connectivity index (χ0) is 26.9. The monoisotopic (exact) mass is 548 g/mol. The minimum atomic E-state index is -4.43. The van der Waals surface area contributed by atoms with E-state index in [1.807, 2.05) is 25.1 Å². The Morgan fingerprint density at radius 2 is 2.03 bits per heavy atom. The number of aryl methyl sites for hydroxylation is 1. The second kappa shape index (κ2) is 11.2. The molecular formula is C27H31F3N4O3S. The number of hydrogen-bond donors (Lipinski definition) is 1. The highest BCUT2D eigenvalue weighted by Crippen LogP contribution is 2.38. The summed E-state index contributed by atoms with van der Waals surface area (Å²) < 4.78 is 47.1. The van der Waals surface area contributed by atoms with Gasteiger partial charge in [0.05, 0.1) is 26.5 Å². The molecule has 1 aromatic heterocycles. The van der Waals surface area contributed by atoms with E-state index in [9.17, 15) is 18.3 Å². The molecule has 0 radical (unpaired) electrons. The molecule has 3 heterocycles. The summed E-state index contributed by atoms with van der Waals surface area (Å²) in [5.74, 6) is 0.690. The molecule has 2 aromatic carbocycles. The van der Waals surface area contributed by atoms with Crippen LogP contribution >= 0.6 is 11.3 Å². The van der Waals surface area contributed by atoms with Gasteiger partial charge in [0.15, 0.2) is 6.10 Å². The fourth-order valence-corrected chi connectivity index (χ4v) is 5.90. The molecular weight excluding hydrogens is 517 g/mol. The van der Waals surface area contributed by atoms with Crippen molar-refractivity contribution in [3.63, 3.8) is 0 Å². The van der Waals surface area contributed by atoms with Gasteiger partial charge in [-0.05, 0) is 32.0 Å². The van der Waals surface area contributed by atoms with Crippen LogP contribution < -0.4 is 4.74 Å². The highest BCUT2D eigenvalue weighted by Gasteiger charge is 2.37. The number of oxime groups is 1. The predicted octanol–water partition coefficient (Wildman–Crippen LogP) is 4.89. The van der Waals surface area contributed by atoms with Gasteiger partial charge in [-0.1, -0.05) is 23.4 Å². The molecule has 38 heavy (non-hydrogen) atoms. The third kappa shape index (κ3) is 6.28. The summed E-state index contributed by atoms with van der Waals surface area (Å²) in [5, 5.41) is 15.7. The van der Waals surface area contributed by atoms with Crippen molar-refractivity contribution in [1.82, 2.24) is 14.8 Å². The summed E-state index contributed by atoms with van der Waals surface area (Å²) in [6.07, 6.45) is -5.46. The van der Waals surface area contributed by atoms with E-state index in [-0.39, 0.29) is 18.2 Å². The van der Waals surface area contributed by atoms with Gasteiger partial charge in [-0.15, -0.1) is 11.3 Å². The third-order valence-corrected chi connectivity index (χ3v) is 7.90. The lowest BCUT2D eigenvalue weighted by molar-refractivity contribution is -0.139. The van der Waals surface area contributed by atoms with Crippen LogP contribution in [0.2, 0.25) is 0 Å². The Labute approximate surface area is 223 Å². The molecule has 7 nitrogen and oxygen atoms in total. The van der Waals surface area contributed by atoms with Crippen molar-refractivity contribution in [3.05, 3.63) is 58.6 Å². The van der Waals surface area contributed by atoms with Crippen molar-refractivity contribution < 1.29 is 27.9 Å². The van der Waals surface area contributed by atoms with E-state index >= 15 is 0 Å². The molecule has 0 spiro atoms. The molecule has 0 amide bonds. The Bertz CT molecular complexity index is 1300. The number of ether oxygens (including phenoxy) is 1. The molecule has 0 aliphatic carbocycles.